The lowest BCUT2D eigenvalue weighted by Crippen LogP contribution is -2.29. The minimum atomic E-state index is -0.502. The second kappa shape index (κ2) is 8.78. The predicted octanol–water partition coefficient (Wildman–Crippen LogP) is 5.52. The van der Waals surface area contributed by atoms with E-state index < -0.39 is 6.04 Å². The van der Waals surface area contributed by atoms with Gasteiger partial charge in [0, 0.05) is 12.0 Å². The molecule has 0 saturated heterocycles. The predicted molar refractivity (Wildman–Crippen MR) is 117 cm³/mol. The summed E-state index contributed by atoms with van der Waals surface area (Å²) in [7, 11) is 0. The van der Waals surface area contributed by atoms with Crippen molar-refractivity contribution >= 4 is 16.7 Å². The molecule has 0 saturated carbocycles. The van der Waals surface area contributed by atoms with Gasteiger partial charge < -0.3 is 10.4 Å². The lowest BCUT2D eigenvalue weighted by molar-refractivity contribution is -0.121. The van der Waals surface area contributed by atoms with Gasteiger partial charge in [-0.1, -0.05) is 72.8 Å². The molecule has 0 aliphatic carbocycles. The topological polar surface area (TPSA) is 49.3 Å². The number of aromatic hydroxyl groups is 1. The number of hydrogen-bond acceptors (Lipinski definition) is 2. The van der Waals surface area contributed by atoms with E-state index in [4.69, 9.17) is 0 Å². The number of halogens is 1. The van der Waals surface area contributed by atoms with E-state index in [-0.39, 0.29) is 23.9 Å². The van der Waals surface area contributed by atoms with Gasteiger partial charge in [-0.3, -0.25) is 4.79 Å². The highest BCUT2D eigenvalue weighted by atomic mass is 19.1. The van der Waals surface area contributed by atoms with Crippen LogP contribution in [0, 0.1) is 5.82 Å². The standard InChI is InChI=1S/C26H22FNO2/c27-21-11-6-7-18(17-21)13-16-24(30)28-26(20-9-2-1-3-10-20)25-22-12-5-4-8-19(22)14-15-23(25)29/h1-12,14-15,17,26,29H,13,16H2,(H,28,30). The summed E-state index contributed by atoms with van der Waals surface area (Å²) < 4.78 is 13.4. The van der Waals surface area contributed by atoms with Crippen LogP contribution in [0.4, 0.5) is 4.39 Å². The normalized spacial score (nSPS) is 11.9. The highest BCUT2D eigenvalue weighted by Gasteiger charge is 2.22. The van der Waals surface area contributed by atoms with Crippen LogP contribution in [0.5, 0.6) is 5.75 Å². The van der Waals surface area contributed by atoms with Crippen molar-refractivity contribution in [2.45, 2.75) is 18.9 Å². The van der Waals surface area contributed by atoms with Gasteiger partial charge in [-0.05, 0) is 46.5 Å². The average molecular weight is 399 g/mol. The minimum Gasteiger partial charge on any atom is -0.508 e. The first-order valence-corrected chi connectivity index (χ1v) is 9.91. The summed E-state index contributed by atoms with van der Waals surface area (Å²) in [5.74, 6) is -0.343. The number of phenols is 1. The molecule has 0 radical (unpaired) electrons. The van der Waals surface area contributed by atoms with Crippen LogP contribution in [-0.2, 0) is 11.2 Å². The minimum absolute atomic E-state index is 0.132. The zero-order valence-electron chi connectivity index (χ0n) is 16.4. The molecule has 0 bridgehead atoms. The Labute approximate surface area is 174 Å². The fourth-order valence-electron chi connectivity index (χ4n) is 3.74. The summed E-state index contributed by atoms with van der Waals surface area (Å²) in [4.78, 5) is 12.8. The summed E-state index contributed by atoms with van der Waals surface area (Å²) in [5, 5.41) is 15.6. The third kappa shape index (κ3) is 4.33. The molecule has 0 aliphatic rings. The van der Waals surface area contributed by atoms with Crippen LogP contribution in [-0.4, -0.2) is 11.0 Å². The van der Waals surface area contributed by atoms with Gasteiger partial charge in [-0.2, -0.15) is 0 Å². The number of fused-ring (bicyclic) bond motifs is 1. The number of phenolic OH excluding ortho intramolecular Hbond substituents is 1. The molecule has 4 aromatic carbocycles. The van der Waals surface area contributed by atoms with Crippen molar-refractivity contribution in [2.24, 2.45) is 0 Å². The Morgan fingerprint density at radius 1 is 0.900 bits per heavy atom. The van der Waals surface area contributed by atoms with Crippen LogP contribution in [0.3, 0.4) is 0 Å². The van der Waals surface area contributed by atoms with Crippen molar-refractivity contribution < 1.29 is 14.3 Å². The molecule has 0 aromatic heterocycles. The van der Waals surface area contributed by atoms with Crippen molar-refractivity contribution in [3.8, 4) is 5.75 Å². The Morgan fingerprint density at radius 2 is 1.67 bits per heavy atom. The molecule has 1 amide bonds. The molecular formula is C26H22FNO2. The van der Waals surface area contributed by atoms with Gasteiger partial charge in [-0.15, -0.1) is 0 Å². The number of amides is 1. The van der Waals surface area contributed by atoms with Crippen LogP contribution in [0.1, 0.15) is 29.2 Å². The van der Waals surface area contributed by atoms with Crippen molar-refractivity contribution in [1.29, 1.82) is 0 Å². The Morgan fingerprint density at radius 3 is 2.47 bits per heavy atom. The summed E-state index contributed by atoms with van der Waals surface area (Å²) >= 11 is 0. The highest BCUT2D eigenvalue weighted by molar-refractivity contribution is 5.89. The first-order chi connectivity index (χ1) is 14.6. The van der Waals surface area contributed by atoms with Crippen LogP contribution in [0.15, 0.2) is 91.0 Å². The summed E-state index contributed by atoms with van der Waals surface area (Å²) in [6.07, 6.45) is 0.658. The molecular weight excluding hydrogens is 377 g/mol. The molecule has 2 N–H and O–H groups in total. The SMILES string of the molecule is O=C(CCc1cccc(F)c1)NC(c1ccccc1)c1c(O)ccc2ccccc12. The highest BCUT2D eigenvalue weighted by Crippen LogP contribution is 2.35. The van der Waals surface area contributed by atoms with Gasteiger partial charge in [0.25, 0.3) is 0 Å². The Bertz CT molecular complexity index is 1170. The Balaban J connectivity index is 1.65. The smallest absolute Gasteiger partial charge is 0.221 e. The number of rotatable bonds is 6. The number of carbonyl (C=O) groups excluding carboxylic acids is 1. The third-order valence-electron chi connectivity index (χ3n) is 5.20. The Hall–Kier alpha value is -3.66. The maximum atomic E-state index is 13.4. The molecule has 4 aromatic rings. The first-order valence-electron chi connectivity index (χ1n) is 9.91. The zero-order valence-corrected chi connectivity index (χ0v) is 16.4. The monoisotopic (exact) mass is 399 g/mol. The lowest BCUT2D eigenvalue weighted by Gasteiger charge is -2.22. The third-order valence-corrected chi connectivity index (χ3v) is 5.20. The quantitative estimate of drug-likeness (QED) is 0.448. The fraction of sp³-hybridized carbons (Fsp3) is 0.115. The van der Waals surface area contributed by atoms with E-state index in [1.807, 2.05) is 66.7 Å². The molecule has 30 heavy (non-hydrogen) atoms. The maximum absolute atomic E-state index is 13.4. The molecule has 1 unspecified atom stereocenters. The molecule has 0 aliphatic heterocycles. The number of benzene rings is 4. The van der Waals surface area contributed by atoms with Crippen LogP contribution < -0.4 is 5.32 Å². The van der Waals surface area contributed by atoms with E-state index in [1.54, 1.807) is 12.1 Å². The van der Waals surface area contributed by atoms with E-state index in [1.165, 1.54) is 12.1 Å². The Kier molecular flexibility index (Phi) is 5.75. The molecule has 0 fully saturated rings. The zero-order chi connectivity index (χ0) is 20.9. The van der Waals surface area contributed by atoms with Gasteiger partial charge >= 0.3 is 0 Å². The number of carbonyl (C=O) groups is 1. The van der Waals surface area contributed by atoms with Gasteiger partial charge in [0.2, 0.25) is 5.91 Å². The molecule has 3 nitrogen and oxygen atoms in total. The van der Waals surface area contributed by atoms with Crippen molar-refractivity contribution in [3.05, 3.63) is 114 Å². The van der Waals surface area contributed by atoms with E-state index in [2.05, 4.69) is 5.32 Å². The van der Waals surface area contributed by atoms with Gasteiger partial charge in [0.1, 0.15) is 11.6 Å². The van der Waals surface area contributed by atoms with E-state index in [0.29, 0.717) is 12.0 Å². The maximum Gasteiger partial charge on any atom is 0.221 e. The summed E-state index contributed by atoms with van der Waals surface area (Å²) in [6, 6.07) is 26.7. The largest absolute Gasteiger partial charge is 0.508 e. The van der Waals surface area contributed by atoms with Gasteiger partial charge in [0.15, 0.2) is 0 Å². The molecule has 150 valence electrons. The van der Waals surface area contributed by atoms with Crippen LogP contribution in [0.2, 0.25) is 0 Å². The lowest BCUT2D eigenvalue weighted by atomic mass is 9.92. The molecule has 0 spiro atoms. The number of nitrogens with one attached hydrogen (secondary N) is 1. The van der Waals surface area contributed by atoms with E-state index in [9.17, 15) is 14.3 Å². The van der Waals surface area contributed by atoms with Crippen molar-refractivity contribution in [2.75, 3.05) is 0 Å². The summed E-state index contributed by atoms with van der Waals surface area (Å²) in [5.41, 5.74) is 2.32. The number of hydrogen-bond donors (Lipinski definition) is 2. The fourth-order valence-corrected chi connectivity index (χ4v) is 3.74. The van der Waals surface area contributed by atoms with Crippen LogP contribution >= 0.6 is 0 Å². The van der Waals surface area contributed by atoms with Gasteiger partial charge in [0.05, 0.1) is 6.04 Å². The molecule has 1 atom stereocenters. The van der Waals surface area contributed by atoms with Crippen molar-refractivity contribution in [1.82, 2.24) is 5.32 Å². The van der Waals surface area contributed by atoms with E-state index >= 15 is 0 Å². The molecule has 4 rings (SSSR count). The van der Waals surface area contributed by atoms with Gasteiger partial charge in [-0.25, -0.2) is 4.39 Å². The summed E-state index contributed by atoms with van der Waals surface area (Å²) in [6.45, 7) is 0. The first kappa shape index (κ1) is 19.6. The molecule has 4 heteroatoms. The second-order valence-electron chi connectivity index (χ2n) is 7.26. The van der Waals surface area contributed by atoms with E-state index in [0.717, 1.165) is 21.9 Å². The molecule has 0 heterocycles. The second-order valence-corrected chi connectivity index (χ2v) is 7.26. The average Bonchev–Trinajstić information content (AvgIpc) is 2.77. The number of aryl methyl sites for hydroxylation is 1. The van der Waals surface area contributed by atoms with Crippen molar-refractivity contribution in [3.63, 3.8) is 0 Å². The van der Waals surface area contributed by atoms with Crippen LogP contribution in [0.25, 0.3) is 10.8 Å².